The number of phenols is 3. The van der Waals surface area contributed by atoms with Crippen molar-refractivity contribution < 1.29 is 34.4 Å². The van der Waals surface area contributed by atoms with E-state index in [0.29, 0.717) is 17.6 Å². The summed E-state index contributed by atoms with van der Waals surface area (Å²) in [4.78, 5) is 24.9. The van der Waals surface area contributed by atoms with Crippen LogP contribution in [0.3, 0.4) is 0 Å². The van der Waals surface area contributed by atoms with Crippen LogP contribution >= 0.6 is 0 Å². The molecule has 0 saturated heterocycles. The van der Waals surface area contributed by atoms with Crippen LogP contribution < -0.4 is 9.47 Å². The summed E-state index contributed by atoms with van der Waals surface area (Å²) in [6.45, 7) is 3.43. The van der Waals surface area contributed by atoms with E-state index in [-0.39, 0.29) is 29.2 Å². The maximum absolute atomic E-state index is 12.6. The van der Waals surface area contributed by atoms with Gasteiger partial charge in [-0.15, -0.1) is 0 Å². The van der Waals surface area contributed by atoms with E-state index in [0.717, 1.165) is 6.07 Å². The molecule has 3 rings (SSSR count). The van der Waals surface area contributed by atoms with Crippen LogP contribution in [0, 0.1) is 0 Å². The molecule has 146 valence electrons. The van der Waals surface area contributed by atoms with Gasteiger partial charge in [0, 0.05) is 11.6 Å². The topological polar surface area (TPSA) is 113 Å². The molecule has 0 aliphatic carbocycles. The first-order valence-electron chi connectivity index (χ1n) is 8.78. The Hall–Kier alpha value is -3.48. The number of rotatable bonds is 4. The summed E-state index contributed by atoms with van der Waals surface area (Å²) in [6, 6.07) is 7.06. The van der Waals surface area contributed by atoms with Crippen molar-refractivity contribution >= 4 is 11.8 Å². The van der Waals surface area contributed by atoms with Gasteiger partial charge < -0.3 is 24.8 Å². The summed E-state index contributed by atoms with van der Waals surface area (Å²) < 4.78 is 11.1. The van der Waals surface area contributed by atoms with Crippen molar-refractivity contribution in [2.45, 2.75) is 32.8 Å². The van der Waals surface area contributed by atoms with Crippen LogP contribution in [-0.2, 0) is 4.79 Å². The first-order chi connectivity index (χ1) is 13.3. The molecule has 3 N–H and O–H groups in total. The molecule has 1 aliphatic heterocycles. The number of hydrogen-bond acceptors (Lipinski definition) is 7. The number of fused-ring (bicyclic) bond motifs is 1. The summed E-state index contributed by atoms with van der Waals surface area (Å²) in [5.41, 5.74) is 0.799. The lowest BCUT2D eigenvalue weighted by molar-refractivity contribution is -0.130. The van der Waals surface area contributed by atoms with E-state index in [4.69, 9.17) is 9.47 Å². The summed E-state index contributed by atoms with van der Waals surface area (Å²) in [5.74, 6) is -2.55. The van der Waals surface area contributed by atoms with Crippen molar-refractivity contribution in [1.82, 2.24) is 0 Å². The average molecular weight is 384 g/mol. The number of ketones is 1. The molecule has 0 amide bonds. The number of aromatic hydroxyl groups is 3. The van der Waals surface area contributed by atoms with E-state index < -0.39 is 29.4 Å². The highest BCUT2D eigenvalue weighted by atomic mass is 16.6. The lowest BCUT2D eigenvalue weighted by Gasteiger charge is -2.27. The molecule has 7 heteroatoms. The fourth-order valence-corrected chi connectivity index (χ4v) is 2.99. The van der Waals surface area contributed by atoms with Gasteiger partial charge in [0.1, 0.15) is 23.2 Å². The zero-order valence-corrected chi connectivity index (χ0v) is 15.4. The van der Waals surface area contributed by atoms with Gasteiger partial charge in [-0.1, -0.05) is 25.1 Å². The molecule has 0 fully saturated rings. The van der Waals surface area contributed by atoms with Crippen molar-refractivity contribution in [1.29, 1.82) is 0 Å². The third-order valence-electron chi connectivity index (χ3n) is 4.40. The molecule has 28 heavy (non-hydrogen) atoms. The van der Waals surface area contributed by atoms with E-state index >= 15 is 0 Å². The van der Waals surface area contributed by atoms with E-state index in [1.165, 1.54) is 12.1 Å². The SMILES string of the molecule is CCC=C(C)C(=O)Oc1c(O)cc(O)c2c1OC(c1ccc(O)cc1)CC2=O. The number of benzene rings is 2. The van der Waals surface area contributed by atoms with Gasteiger partial charge in [0.25, 0.3) is 0 Å². The summed E-state index contributed by atoms with van der Waals surface area (Å²) in [7, 11) is 0. The highest BCUT2D eigenvalue weighted by molar-refractivity contribution is 6.04. The summed E-state index contributed by atoms with van der Waals surface area (Å²) >= 11 is 0. The van der Waals surface area contributed by atoms with E-state index in [9.17, 15) is 24.9 Å². The molecule has 1 unspecified atom stereocenters. The van der Waals surface area contributed by atoms with Crippen molar-refractivity contribution in [2.24, 2.45) is 0 Å². The molecule has 0 aromatic heterocycles. The highest BCUT2D eigenvalue weighted by Gasteiger charge is 2.35. The van der Waals surface area contributed by atoms with E-state index in [1.807, 2.05) is 6.92 Å². The van der Waals surface area contributed by atoms with Crippen molar-refractivity contribution in [3.05, 3.63) is 53.1 Å². The maximum atomic E-state index is 12.6. The Kier molecular flexibility index (Phi) is 5.26. The predicted molar refractivity (Wildman–Crippen MR) is 99.9 cm³/mol. The number of ether oxygens (including phenoxy) is 2. The molecule has 0 radical (unpaired) electrons. The van der Waals surface area contributed by atoms with Crippen LogP contribution in [0.25, 0.3) is 0 Å². The minimum atomic E-state index is -0.730. The third-order valence-corrected chi connectivity index (χ3v) is 4.40. The lowest BCUT2D eigenvalue weighted by atomic mass is 9.95. The molecular weight excluding hydrogens is 364 g/mol. The first-order valence-corrected chi connectivity index (χ1v) is 8.78. The Balaban J connectivity index is 2.04. The van der Waals surface area contributed by atoms with Crippen molar-refractivity contribution in [2.75, 3.05) is 0 Å². The van der Waals surface area contributed by atoms with Gasteiger partial charge >= 0.3 is 5.97 Å². The van der Waals surface area contributed by atoms with Crippen LogP contribution in [0.1, 0.15) is 48.7 Å². The van der Waals surface area contributed by atoms with Gasteiger partial charge in [-0.3, -0.25) is 4.79 Å². The Labute approximate surface area is 161 Å². The molecular formula is C21H20O7. The molecule has 1 atom stereocenters. The zero-order valence-electron chi connectivity index (χ0n) is 15.4. The smallest absolute Gasteiger partial charge is 0.339 e. The monoisotopic (exact) mass is 384 g/mol. The number of phenolic OH excluding ortho intramolecular Hbond substituents is 3. The molecule has 0 bridgehead atoms. The van der Waals surface area contributed by atoms with Crippen molar-refractivity contribution in [3.63, 3.8) is 0 Å². The number of hydrogen-bond donors (Lipinski definition) is 3. The van der Waals surface area contributed by atoms with E-state index in [1.54, 1.807) is 25.1 Å². The largest absolute Gasteiger partial charge is 0.508 e. The van der Waals surface area contributed by atoms with Crippen LogP contribution in [-0.4, -0.2) is 27.1 Å². The highest BCUT2D eigenvalue weighted by Crippen LogP contribution is 2.49. The Bertz CT molecular complexity index is 958. The molecule has 0 saturated carbocycles. The van der Waals surface area contributed by atoms with E-state index in [2.05, 4.69) is 0 Å². The summed E-state index contributed by atoms with van der Waals surface area (Å²) in [5, 5.41) is 29.8. The van der Waals surface area contributed by atoms with Crippen LogP contribution in [0.15, 0.2) is 42.0 Å². The Morgan fingerprint density at radius 2 is 1.89 bits per heavy atom. The molecule has 0 spiro atoms. The minimum Gasteiger partial charge on any atom is -0.508 e. The first kappa shape index (κ1) is 19.3. The molecule has 7 nitrogen and oxygen atoms in total. The van der Waals surface area contributed by atoms with Gasteiger partial charge in [-0.05, 0) is 31.0 Å². The zero-order chi connectivity index (χ0) is 20.4. The number of esters is 1. The third kappa shape index (κ3) is 3.64. The maximum Gasteiger partial charge on any atom is 0.339 e. The number of Topliss-reactive ketones (excluding diaryl/α,β-unsaturated/α-hetero) is 1. The quantitative estimate of drug-likeness (QED) is 0.418. The minimum absolute atomic E-state index is 0.0573. The van der Waals surface area contributed by atoms with Crippen LogP contribution in [0.2, 0.25) is 0 Å². The average Bonchev–Trinajstić information content (AvgIpc) is 2.65. The second kappa shape index (κ2) is 7.64. The van der Waals surface area contributed by atoms with Crippen molar-refractivity contribution in [3.8, 4) is 28.7 Å². The predicted octanol–water partition coefficient (Wildman–Crippen LogP) is 3.77. The van der Waals surface area contributed by atoms with Gasteiger partial charge in [0.2, 0.25) is 5.75 Å². The Morgan fingerprint density at radius 3 is 2.54 bits per heavy atom. The standard InChI is InChI=1S/C21H20O7/c1-3-4-11(2)21(26)28-19-16(25)9-14(23)18-15(24)10-17(27-20(18)19)12-5-7-13(22)8-6-12/h4-9,17,22-23,25H,3,10H2,1-2H3. The number of allylic oxidation sites excluding steroid dienone is 1. The molecule has 1 heterocycles. The normalized spacial score (nSPS) is 16.3. The fraction of sp³-hybridized carbons (Fsp3) is 0.238. The van der Waals surface area contributed by atoms with Gasteiger partial charge in [0.15, 0.2) is 17.3 Å². The van der Waals surface area contributed by atoms with Gasteiger partial charge in [-0.2, -0.15) is 0 Å². The lowest BCUT2D eigenvalue weighted by Crippen LogP contribution is -2.22. The molecule has 2 aromatic carbocycles. The van der Waals surface area contributed by atoms with Gasteiger partial charge in [-0.25, -0.2) is 4.79 Å². The number of carbonyl (C=O) groups is 2. The number of carbonyl (C=O) groups excluding carboxylic acids is 2. The molecule has 1 aliphatic rings. The van der Waals surface area contributed by atoms with Crippen LogP contribution in [0.4, 0.5) is 0 Å². The van der Waals surface area contributed by atoms with Crippen LogP contribution in [0.5, 0.6) is 28.7 Å². The Morgan fingerprint density at radius 1 is 1.21 bits per heavy atom. The van der Waals surface area contributed by atoms with Gasteiger partial charge in [0.05, 0.1) is 6.42 Å². The molecule has 2 aromatic rings. The second-order valence-corrected chi connectivity index (χ2v) is 6.46. The summed E-state index contributed by atoms with van der Waals surface area (Å²) in [6.07, 6.45) is 1.50. The second-order valence-electron chi connectivity index (χ2n) is 6.46. The fourth-order valence-electron chi connectivity index (χ4n) is 2.99.